The minimum Gasteiger partial charge on any atom is -0.306 e. The highest BCUT2D eigenvalue weighted by molar-refractivity contribution is 4.48. The number of nitrogens with zero attached hydrogens (tertiary/aromatic N) is 1. The third-order valence-corrected chi connectivity index (χ3v) is 0.987. The lowest BCUT2D eigenvalue weighted by Gasteiger charge is -2.10. The zero-order chi connectivity index (χ0) is 5.70. The minimum atomic E-state index is 0.924. The maximum atomic E-state index is 3.73. The number of rotatable bonds is 3. The number of hydrogen-bond acceptors (Lipinski definition) is 1. The van der Waals surface area contributed by atoms with E-state index in [9.17, 15) is 0 Å². The van der Waals surface area contributed by atoms with E-state index in [4.69, 9.17) is 0 Å². The average Bonchev–Trinajstić information content (AvgIpc) is 1.68. The maximum absolute atomic E-state index is 3.73. The van der Waals surface area contributed by atoms with Gasteiger partial charge in [-0.1, -0.05) is 6.92 Å². The predicted octanol–water partition coefficient (Wildman–Crippen LogP) is 1.16. The Bertz CT molecular complexity index is 35.2. The van der Waals surface area contributed by atoms with Gasteiger partial charge < -0.3 is 4.90 Å². The highest BCUT2D eigenvalue weighted by Gasteiger charge is 1.86. The van der Waals surface area contributed by atoms with Crippen LogP contribution in [0.3, 0.4) is 0 Å². The highest BCUT2D eigenvalue weighted by Crippen LogP contribution is 1.81. The SMILES string of the molecule is [CH2]CN(C)CCC. The van der Waals surface area contributed by atoms with Crippen LogP contribution in [-0.4, -0.2) is 25.0 Å². The molecule has 1 radical (unpaired) electrons. The lowest BCUT2D eigenvalue weighted by atomic mass is 10.4. The smallest absolute Gasteiger partial charge is 0.00213 e. The molecule has 0 aromatic carbocycles. The van der Waals surface area contributed by atoms with Gasteiger partial charge in [0, 0.05) is 0 Å². The standard InChI is InChI=1S/C6H14N/c1-4-6-7(3)5-2/h2,4-6H2,1,3H3. The zero-order valence-corrected chi connectivity index (χ0v) is 5.28. The Balaban J connectivity index is 2.83. The van der Waals surface area contributed by atoms with E-state index in [1.54, 1.807) is 0 Å². The van der Waals surface area contributed by atoms with Crippen LogP contribution in [0.15, 0.2) is 0 Å². The van der Waals surface area contributed by atoms with Crippen LogP contribution in [0.5, 0.6) is 0 Å². The molecule has 0 aliphatic carbocycles. The molecule has 0 unspecified atom stereocenters. The maximum Gasteiger partial charge on any atom is -0.00213 e. The molecule has 0 aliphatic rings. The van der Waals surface area contributed by atoms with Crippen LogP contribution < -0.4 is 0 Å². The van der Waals surface area contributed by atoms with Crippen LogP contribution in [0.4, 0.5) is 0 Å². The lowest BCUT2D eigenvalue weighted by molar-refractivity contribution is 0.369. The second-order valence-corrected chi connectivity index (χ2v) is 1.80. The van der Waals surface area contributed by atoms with Gasteiger partial charge in [0.15, 0.2) is 0 Å². The summed E-state index contributed by atoms with van der Waals surface area (Å²) in [4.78, 5) is 2.19. The van der Waals surface area contributed by atoms with Gasteiger partial charge in [-0.2, -0.15) is 0 Å². The van der Waals surface area contributed by atoms with Crippen molar-refractivity contribution >= 4 is 0 Å². The van der Waals surface area contributed by atoms with Gasteiger partial charge in [0.05, 0.1) is 0 Å². The van der Waals surface area contributed by atoms with Gasteiger partial charge in [-0.3, -0.25) is 0 Å². The van der Waals surface area contributed by atoms with E-state index in [0.717, 1.165) is 6.54 Å². The molecule has 0 fully saturated rings. The van der Waals surface area contributed by atoms with Gasteiger partial charge >= 0.3 is 0 Å². The van der Waals surface area contributed by atoms with Crippen molar-refractivity contribution in [1.82, 2.24) is 4.90 Å². The van der Waals surface area contributed by atoms with Gasteiger partial charge in [0.25, 0.3) is 0 Å². The van der Waals surface area contributed by atoms with Crippen molar-refractivity contribution in [3.63, 3.8) is 0 Å². The lowest BCUT2D eigenvalue weighted by Crippen LogP contribution is -2.17. The highest BCUT2D eigenvalue weighted by atomic mass is 15.1. The van der Waals surface area contributed by atoms with Crippen LogP contribution in [-0.2, 0) is 0 Å². The molecule has 0 spiro atoms. The fourth-order valence-corrected chi connectivity index (χ4v) is 0.494. The number of hydrogen-bond donors (Lipinski definition) is 0. The van der Waals surface area contributed by atoms with E-state index >= 15 is 0 Å². The van der Waals surface area contributed by atoms with Crippen molar-refractivity contribution in [2.45, 2.75) is 13.3 Å². The van der Waals surface area contributed by atoms with E-state index in [1.807, 2.05) is 0 Å². The molecule has 43 valence electrons. The average molecular weight is 100 g/mol. The fourth-order valence-electron chi connectivity index (χ4n) is 0.494. The molecule has 1 heteroatoms. The summed E-state index contributed by atoms with van der Waals surface area (Å²) >= 11 is 0. The summed E-state index contributed by atoms with van der Waals surface area (Å²) in [6.07, 6.45) is 1.23. The molecule has 0 N–H and O–H groups in total. The van der Waals surface area contributed by atoms with Gasteiger partial charge in [0.2, 0.25) is 0 Å². The van der Waals surface area contributed by atoms with E-state index in [0.29, 0.717) is 0 Å². The normalized spacial score (nSPS) is 10.3. The second kappa shape index (κ2) is 4.13. The van der Waals surface area contributed by atoms with E-state index < -0.39 is 0 Å². The Morgan fingerprint density at radius 3 is 2.29 bits per heavy atom. The molecule has 0 aliphatic heterocycles. The van der Waals surface area contributed by atoms with Gasteiger partial charge in [-0.15, -0.1) is 0 Å². The fraction of sp³-hybridized carbons (Fsp3) is 0.833. The Labute approximate surface area is 46.3 Å². The molecule has 0 aromatic heterocycles. The first-order valence-corrected chi connectivity index (χ1v) is 2.79. The summed E-state index contributed by atoms with van der Waals surface area (Å²) in [7, 11) is 2.08. The van der Waals surface area contributed by atoms with Crippen molar-refractivity contribution in [2.75, 3.05) is 20.1 Å². The molecule has 7 heavy (non-hydrogen) atoms. The van der Waals surface area contributed by atoms with Crippen molar-refractivity contribution < 1.29 is 0 Å². The van der Waals surface area contributed by atoms with E-state index in [1.165, 1.54) is 13.0 Å². The Hall–Kier alpha value is -0.0400. The van der Waals surface area contributed by atoms with Crippen LogP contribution in [0, 0.1) is 6.92 Å². The molecule has 0 amide bonds. The van der Waals surface area contributed by atoms with Gasteiger partial charge in [0.1, 0.15) is 0 Å². The summed E-state index contributed by atoms with van der Waals surface area (Å²) in [5.74, 6) is 0. The van der Waals surface area contributed by atoms with Crippen LogP contribution in [0.25, 0.3) is 0 Å². The topological polar surface area (TPSA) is 3.24 Å². The Morgan fingerprint density at radius 2 is 2.14 bits per heavy atom. The molecule has 0 heterocycles. The molecule has 0 bridgehead atoms. The third-order valence-electron chi connectivity index (χ3n) is 0.987. The third kappa shape index (κ3) is 3.80. The van der Waals surface area contributed by atoms with E-state index in [-0.39, 0.29) is 0 Å². The molecule has 0 saturated heterocycles. The first-order chi connectivity index (χ1) is 3.31. The first-order valence-electron chi connectivity index (χ1n) is 2.79. The van der Waals surface area contributed by atoms with Crippen LogP contribution in [0.2, 0.25) is 0 Å². The molecular weight excluding hydrogens is 86.1 g/mol. The van der Waals surface area contributed by atoms with Crippen molar-refractivity contribution in [3.05, 3.63) is 6.92 Å². The van der Waals surface area contributed by atoms with Crippen LogP contribution >= 0.6 is 0 Å². The summed E-state index contributed by atoms with van der Waals surface area (Å²) < 4.78 is 0. The minimum absolute atomic E-state index is 0.924. The van der Waals surface area contributed by atoms with E-state index in [2.05, 4.69) is 25.8 Å². The Morgan fingerprint density at radius 1 is 1.57 bits per heavy atom. The van der Waals surface area contributed by atoms with Crippen LogP contribution in [0.1, 0.15) is 13.3 Å². The Kier molecular flexibility index (Phi) is 4.10. The molecule has 0 rings (SSSR count). The summed E-state index contributed by atoms with van der Waals surface area (Å²) in [6.45, 7) is 8.00. The molecule has 0 aromatic rings. The van der Waals surface area contributed by atoms with Crippen molar-refractivity contribution in [3.8, 4) is 0 Å². The molecule has 1 nitrogen and oxygen atoms in total. The molecule has 0 saturated carbocycles. The second-order valence-electron chi connectivity index (χ2n) is 1.80. The summed E-state index contributed by atoms with van der Waals surface area (Å²) in [5, 5.41) is 0. The molecule has 0 atom stereocenters. The quantitative estimate of drug-likeness (QED) is 0.514. The predicted molar refractivity (Wildman–Crippen MR) is 33.1 cm³/mol. The molecular formula is C6H14N. The summed E-state index contributed by atoms with van der Waals surface area (Å²) in [5.41, 5.74) is 0. The van der Waals surface area contributed by atoms with Gasteiger partial charge in [-0.05, 0) is 33.5 Å². The van der Waals surface area contributed by atoms with Gasteiger partial charge in [-0.25, -0.2) is 0 Å². The summed E-state index contributed by atoms with van der Waals surface area (Å²) in [6, 6.07) is 0. The monoisotopic (exact) mass is 100 g/mol. The largest absolute Gasteiger partial charge is 0.306 e. The zero-order valence-electron chi connectivity index (χ0n) is 5.28. The van der Waals surface area contributed by atoms with Crippen molar-refractivity contribution in [1.29, 1.82) is 0 Å². The van der Waals surface area contributed by atoms with Crippen molar-refractivity contribution in [2.24, 2.45) is 0 Å². The first kappa shape index (κ1) is 6.96.